The number of primary amides is 1. The molecule has 14 heteroatoms. The van der Waals surface area contributed by atoms with E-state index in [0.29, 0.717) is 13.0 Å². The van der Waals surface area contributed by atoms with Crippen LogP contribution in [0.1, 0.15) is 28.4 Å². The van der Waals surface area contributed by atoms with Crippen LogP contribution in [-0.4, -0.2) is 47.4 Å². The Morgan fingerprint density at radius 3 is 2.94 bits per heavy atom. The van der Waals surface area contributed by atoms with Crippen molar-refractivity contribution in [3.05, 3.63) is 35.4 Å². The summed E-state index contributed by atoms with van der Waals surface area (Å²) in [6.45, 7) is 0.621. The first kappa shape index (κ1) is 22.5. The molecule has 0 radical (unpaired) electrons. The monoisotopic (exact) mass is 463 g/mol. The minimum absolute atomic E-state index is 0.0246. The Hall–Kier alpha value is -3.70. The molecule has 0 aliphatic carbocycles. The van der Waals surface area contributed by atoms with Crippen molar-refractivity contribution >= 4 is 30.6 Å². The van der Waals surface area contributed by atoms with E-state index in [1.54, 1.807) is 0 Å². The number of ether oxygens (including phenoxy) is 2. The maximum Gasteiger partial charge on any atom is 0.573 e. The van der Waals surface area contributed by atoms with Crippen LogP contribution in [0.5, 0.6) is 11.5 Å². The number of nitrogens with one attached hydrogen (secondary N) is 1. The van der Waals surface area contributed by atoms with E-state index in [-0.39, 0.29) is 35.0 Å². The summed E-state index contributed by atoms with van der Waals surface area (Å²) in [6, 6.07) is 4.13. The van der Waals surface area contributed by atoms with Crippen LogP contribution in [0.25, 0.3) is 6.08 Å². The third-order valence-electron chi connectivity index (χ3n) is 5.08. The zero-order chi connectivity index (χ0) is 23.8. The lowest BCUT2D eigenvalue weighted by molar-refractivity contribution is -0.275. The molecule has 2 atom stereocenters. The van der Waals surface area contributed by atoms with E-state index < -0.39 is 37.1 Å². The van der Waals surface area contributed by atoms with Crippen LogP contribution in [0.4, 0.5) is 24.7 Å². The van der Waals surface area contributed by atoms with Crippen LogP contribution in [0.3, 0.4) is 0 Å². The second-order valence-electron chi connectivity index (χ2n) is 7.34. The first-order chi connectivity index (χ1) is 15.6. The van der Waals surface area contributed by atoms with Crippen LogP contribution in [0.15, 0.2) is 24.3 Å². The van der Waals surface area contributed by atoms with Crippen LogP contribution >= 0.6 is 0 Å². The Morgan fingerprint density at radius 1 is 1.45 bits per heavy atom. The van der Waals surface area contributed by atoms with Gasteiger partial charge in [0.25, 0.3) is 5.91 Å². The number of halogens is 3. The van der Waals surface area contributed by atoms with E-state index in [4.69, 9.17) is 15.1 Å². The fourth-order valence-electron chi connectivity index (χ4n) is 3.60. The molecule has 2 aromatic rings. The molecular formula is C19H17BF3N5O5. The Bertz CT molecular complexity index is 1150. The summed E-state index contributed by atoms with van der Waals surface area (Å²) < 4.78 is 54.7. The van der Waals surface area contributed by atoms with Gasteiger partial charge in [-0.15, -0.1) is 13.2 Å². The summed E-state index contributed by atoms with van der Waals surface area (Å²) in [6.07, 6.45) is -1.81. The lowest BCUT2D eigenvalue weighted by atomic mass is 9.86. The Balaban J connectivity index is 1.71. The first-order valence-electron chi connectivity index (χ1n) is 9.74. The van der Waals surface area contributed by atoms with Crippen molar-refractivity contribution in [1.29, 1.82) is 5.26 Å². The highest BCUT2D eigenvalue weighted by atomic mass is 19.4. The van der Waals surface area contributed by atoms with Gasteiger partial charge in [0.05, 0.1) is 24.6 Å². The number of hydrogen-bond donors (Lipinski definition) is 3. The molecule has 10 nitrogen and oxygen atoms in total. The first-order valence-corrected chi connectivity index (χ1v) is 9.74. The number of carbonyl (C=O) groups excluding carboxylic acids is 1. The molecule has 1 amide bonds. The number of anilines is 2. The molecule has 3 heterocycles. The number of rotatable bonds is 5. The molecule has 4 rings (SSSR count). The highest BCUT2D eigenvalue weighted by molar-refractivity contribution is 6.51. The number of nitriles is 1. The molecule has 1 fully saturated rings. The van der Waals surface area contributed by atoms with Crippen molar-refractivity contribution in [2.24, 2.45) is 11.7 Å². The molecule has 1 saturated heterocycles. The third-order valence-corrected chi connectivity index (χ3v) is 5.08. The van der Waals surface area contributed by atoms with E-state index in [0.717, 1.165) is 6.07 Å². The largest absolute Gasteiger partial charge is 0.573 e. The zero-order valence-corrected chi connectivity index (χ0v) is 16.9. The quantitative estimate of drug-likeness (QED) is 0.573. The topological polar surface area (TPSA) is 145 Å². The average molecular weight is 463 g/mol. The average Bonchev–Trinajstić information content (AvgIpc) is 3.17. The number of alkyl halides is 3. The smallest absolute Gasteiger partial charge is 0.530 e. The summed E-state index contributed by atoms with van der Waals surface area (Å²) in [4.78, 5) is 12.0. The van der Waals surface area contributed by atoms with E-state index >= 15 is 0 Å². The van der Waals surface area contributed by atoms with Crippen molar-refractivity contribution in [3.8, 4) is 17.6 Å². The number of amides is 1. The number of benzene rings is 1. The number of hydrogen-bond acceptors (Lipinski definition) is 8. The molecule has 0 bridgehead atoms. The summed E-state index contributed by atoms with van der Waals surface area (Å²) in [5, 5.41) is 26.1. The summed E-state index contributed by atoms with van der Waals surface area (Å²) in [7, 11) is -1.44. The molecule has 172 valence electrons. The standard InChI is InChI=1S/C19H17BF3N5O5/c21-19(22,23)32-15-6-12(5-10-1-3-20(30)33-16(10)15)26-18-13(17(25)29)8-28(27-18)14-9-31-4-2-11(14)7-24/h1,3,5-6,8,11,14,30H,2,4,9H2,(H2,25,29)(H,26,27). The zero-order valence-electron chi connectivity index (χ0n) is 16.9. The second-order valence-corrected chi connectivity index (χ2v) is 7.34. The van der Waals surface area contributed by atoms with Crippen molar-refractivity contribution < 1.29 is 37.1 Å². The Kier molecular flexibility index (Phi) is 5.92. The van der Waals surface area contributed by atoms with Crippen molar-refractivity contribution in [2.45, 2.75) is 18.8 Å². The molecule has 0 saturated carbocycles. The fourth-order valence-corrected chi connectivity index (χ4v) is 3.60. The Morgan fingerprint density at radius 2 is 2.24 bits per heavy atom. The molecule has 1 aromatic heterocycles. The van der Waals surface area contributed by atoms with E-state index in [1.165, 1.54) is 29.0 Å². The van der Waals surface area contributed by atoms with Gasteiger partial charge in [-0.25, -0.2) is 0 Å². The lowest BCUT2D eigenvalue weighted by Crippen LogP contribution is -2.29. The SMILES string of the molecule is N#CC1CCOCC1n1cc(C(N)=O)c(Nc2cc3c(c(OC(F)(F)F)c2)OB(O)C=C3)n1. The van der Waals surface area contributed by atoms with Gasteiger partial charge in [0.1, 0.15) is 5.56 Å². The van der Waals surface area contributed by atoms with Gasteiger partial charge in [0, 0.05) is 30.1 Å². The number of aromatic nitrogens is 2. The number of fused-ring (bicyclic) bond motifs is 1. The summed E-state index contributed by atoms with van der Waals surface area (Å²) in [5.74, 6) is -1.02. The van der Waals surface area contributed by atoms with Gasteiger partial charge in [0.15, 0.2) is 17.3 Å². The van der Waals surface area contributed by atoms with Crippen molar-refractivity contribution in [1.82, 2.24) is 9.78 Å². The number of nitrogens with zero attached hydrogens (tertiary/aromatic N) is 3. The van der Waals surface area contributed by atoms with Gasteiger partial charge in [-0.05, 0) is 18.5 Å². The number of nitrogens with two attached hydrogens (primary N) is 1. The van der Waals surface area contributed by atoms with Crippen molar-refractivity contribution in [3.63, 3.8) is 0 Å². The van der Waals surface area contributed by atoms with E-state index in [9.17, 15) is 28.3 Å². The van der Waals surface area contributed by atoms with Crippen LogP contribution in [-0.2, 0) is 4.74 Å². The van der Waals surface area contributed by atoms with Gasteiger partial charge >= 0.3 is 13.5 Å². The fraction of sp³-hybridized carbons (Fsp3) is 0.316. The molecule has 2 aliphatic rings. The Labute approximate surface area is 185 Å². The van der Waals surface area contributed by atoms with Crippen LogP contribution in [0, 0.1) is 17.2 Å². The maximum atomic E-state index is 12.9. The van der Waals surface area contributed by atoms with Crippen LogP contribution in [0.2, 0.25) is 0 Å². The van der Waals surface area contributed by atoms with Gasteiger partial charge in [0.2, 0.25) is 0 Å². The molecular weight excluding hydrogens is 446 g/mol. The lowest BCUT2D eigenvalue weighted by Gasteiger charge is -2.27. The van der Waals surface area contributed by atoms with Gasteiger partial charge in [-0.2, -0.15) is 10.4 Å². The second kappa shape index (κ2) is 8.68. The molecule has 33 heavy (non-hydrogen) atoms. The molecule has 0 spiro atoms. The van der Waals surface area contributed by atoms with Gasteiger partial charge in [-0.1, -0.05) is 6.08 Å². The minimum Gasteiger partial charge on any atom is -0.530 e. The summed E-state index contributed by atoms with van der Waals surface area (Å²) >= 11 is 0. The molecule has 2 unspecified atom stereocenters. The minimum atomic E-state index is -5.02. The molecule has 4 N–H and O–H groups in total. The third kappa shape index (κ3) is 4.89. The van der Waals surface area contributed by atoms with Crippen molar-refractivity contribution in [2.75, 3.05) is 18.5 Å². The molecule has 1 aromatic carbocycles. The van der Waals surface area contributed by atoms with Gasteiger partial charge in [-0.3, -0.25) is 9.48 Å². The van der Waals surface area contributed by atoms with E-state index in [1.807, 2.05) is 0 Å². The predicted molar refractivity (Wildman–Crippen MR) is 108 cm³/mol. The number of carbonyl (C=O) groups is 1. The summed E-state index contributed by atoms with van der Waals surface area (Å²) in [5.41, 5.74) is 5.70. The van der Waals surface area contributed by atoms with Gasteiger partial charge < -0.3 is 30.2 Å². The highest BCUT2D eigenvalue weighted by Crippen LogP contribution is 2.41. The predicted octanol–water partition coefficient (Wildman–Crippen LogP) is 2.15. The highest BCUT2D eigenvalue weighted by Gasteiger charge is 2.35. The normalized spacial score (nSPS) is 19.9. The van der Waals surface area contributed by atoms with Crippen LogP contribution < -0.4 is 20.4 Å². The molecule has 2 aliphatic heterocycles. The maximum absolute atomic E-state index is 12.9. The van der Waals surface area contributed by atoms with E-state index in [2.05, 4.69) is 21.2 Å².